The van der Waals surface area contributed by atoms with Gasteiger partial charge in [0.1, 0.15) is 10.6 Å². The first kappa shape index (κ1) is 15.6. The van der Waals surface area contributed by atoms with E-state index in [1.54, 1.807) is 0 Å². The van der Waals surface area contributed by atoms with E-state index < -0.39 is 16.0 Å². The fourth-order valence-corrected chi connectivity index (χ4v) is 3.86. The third-order valence-corrected chi connectivity index (χ3v) is 5.24. The van der Waals surface area contributed by atoms with E-state index in [2.05, 4.69) is 4.72 Å². The summed E-state index contributed by atoms with van der Waals surface area (Å²) in [7, 11) is -2.45. The number of hydrogen-bond donors (Lipinski definition) is 2. The molecule has 0 spiro atoms. The summed E-state index contributed by atoms with van der Waals surface area (Å²) < 4.78 is 31.6. The molecule has 112 valence electrons. The number of methoxy groups -OCH3 is 1. The Morgan fingerprint density at radius 2 is 2.10 bits per heavy atom. The average molecular weight is 348 g/mol. The van der Waals surface area contributed by atoms with Crippen LogP contribution in [-0.4, -0.2) is 26.6 Å². The molecule has 0 saturated heterocycles. The molecular formula is C12H10ClNO5S2. The molecule has 0 radical (unpaired) electrons. The molecule has 0 atom stereocenters. The third-order valence-electron chi connectivity index (χ3n) is 2.50. The third kappa shape index (κ3) is 3.46. The van der Waals surface area contributed by atoms with Crippen LogP contribution in [0.5, 0.6) is 5.75 Å². The van der Waals surface area contributed by atoms with Gasteiger partial charge in [-0.3, -0.25) is 4.72 Å². The maximum Gasteiger partial charge on any atom is 0.345 e. The highest BCUT2D eigenvalue weighted by atomic mass is 35.5. The second kappa shape index (κ2) is 5.92. The number of sulfonamides is 1. The molecule has 2 N–H and O–H groups in total. The molecular weight excluding hydrogens is 338 g/mol. The molecule has 1 heterocycles. The van der Waals surface area contributed by atoms with Gasteiger partial charge in [-0.05, 0) is 18.2 Å². The average Bonchev–Trinajstić information content (AvgIpc) is 2.91. The number of halogens is 1. The lowest BCUT2D eigenvalue weighted by atomic mass is 10.3. The summed E-state index contributed by atoms with van der Waals surface area (Å²) >= 11 is 6.70. The minimum absolute atomic E-state index is 0.0518. The zero-order valence-electron chi connectivity index (χ0n) is 10.7. The van der Waals surface area contributed by atoms with Crippen molar-refractivity contribution in [3.8, 4) is 5.75 Å². The molecule has 1 aromatic carbocycles. The Hall–Kier alpha value is -1.77. The molecule has 21 heavy (non-hydrogen) atoms. The number of aromatic carboxylic acids is 1. The van der Waals surface area contributed by atoms with Gasteiger partial charge in [-0.25, -0.2) is 13.2 Å². The summed E-state index contributed by atoms with van der Waals surface area (Å²) in [5.74, 6) is -0.844. The van der Waals surface area contributed by atoms with Crippen LogP contribution in [0.1, 0.15) is 9.67 Å². The molecule has 6 nitrogen and oxygen atoms in total. The quantitative estimate of drug-likeness (QED) is 0.867. The monoisotopic (exact) mass is 347 g/mol. The molecule has 2 aromatic rings. The predicted molar refractivity (Wildman–Crippen MR) is 80.1 cm³/mol. The normalized spacial score (nSPS) is 11.1. The summed E-state index contributed by atoms with van der Waals surface area (Å²) in [4.78, 5) is 10.6. The lowest BCUT2D eigenvalue weighted by molar-refractivity contribution is 0.0702. The van der Waals surface area contributed by atoms with Crippen LogP contribution in [0.3, 0.4) is 0 Å². The number of ether oxygens (including phenoxy) is 1. The Kier molecular flexibility index (Phi) is 4.40. The Labute approximate surface area is 130 Å². The molecule has 2 rings (SSSR count). The number of carboxylic acids is 1. The zero-order chi connectivity index (χ0) is 15.6. The van der Waals surface area contributed by atoms with Gasteiger partial charge in [0.2, 0.25) is 0 Å². The molecule has 0 aliphatic heterocycles. The molecule has 0 saturated carbocycles. The lowest BCUT2D eigenvalue weighted by Crippen LogP contribution is -2.12. The summed E-state index contributed by atoms with van der Waals surface area (Å²) in [5.41, 5.74) is 0.263. The number of benzene rings is 1. The fourth-order valence-electron chi connectivity index (χ4n) is 1.51. The van der Waals surface area contributed by atoms with Crippen molar-refractivity contribution in [1.29, 1.82) is 0 Å². The second-order valence-corrected chi connectivity index (χ2v) is 6.91. The maximum absolute atomic E-state index is 12.2. The van der Waals surface area contributed by atoms with E-state index in [4.69, 9.17) is 21.4 Å². The molecule has 1 aromatic heterocycles. The number of nitrogens with one attached hydrogen (secondary N) is 1. The number of anilines is 1. The van der Waals surface area contributed by atoms with Gasteiger partial charge in [-0.15, -0.1) is 11.3 Å². The Morgan fingerprint density at radius 3 is 2.67 bits per heavy atom. The van der Waals surface area contributed by atoms with Crippen molar-refractivity contribution in [2.75, 3.05) is 11.8 Å². The smallest absolute Gasteiger partial charge is 0.345 e. The molecule has 0 unspecified atom stereocenters. The van der Waals surface area contributed by atoms with Crippen LogP contribution in [0.25, 0.3) is 0 Å². The number of carbonyl (C=O) groups is 1. The minimum atomic E-state index is -3.87. The molecule has 0 fully saturated rings. The van der Waals surface area contributed by atoms with E-state index in [-0.39, 0.29) is 15.5 Å². The highest BCUT2D eigenvalue weighted by Crippen LogP contribution is 2.29. The Balaban J connectivity index is 2.30. The highest BCUT2D eigenvalue weighted by Gasteiger charge is 2.19. The van der Waals surface area contributed by atoms with Crippen LogP contribution in [0.2, 0.25) is 5.02 Å². The van der Waals surface area contributed by atoms with Crippen molar-refractivity contribution in [2.24, 2.45) is 0 Å². The van der Waals surface area contributed by atoms with Crippen LogP contribution in [-0.2, 0) is 10.0 Å². The number of carboxylic acid groups (broad SMARTS) is 1. The van der Waals surface area contributed by atoms with Gasteiger partial charge >= 0.3 is 5.97 Å². The first-order valence-corrected chi connectivity index (χ1v) is 8.26. The van der Waals surface area contributed by atoms with Crippen molar-refractivity contribution in [3.63, 3.8) is 0 Å². The lowest BCUT2D eigenvalue weighted by Gasteiger charge is -2.09. The van der Waals surface area contributed by atoms with Gasteiger partial charge in [-0.1, -0.05) is 11.6 Å². The maximum atomic E-state index is 12.2. The van der Waals surface area contributed by atoms with Crippen LogP contribution in [0.15, 0.2) is 34.5 Å². The number of hydrogen-bond acceptors (Lipinski definition) is 5. The Morgan fingerprint density at radius 1 is 1.38 bits per heavy atom. The van der Waals surface area contributed by atoms with E-state index in [0.717, 1.165) is 17.4 Å². The van der Waals surface area contributed by atoms with Crippen LogP contribution < -0.4 is 9.46 Å². The van der Waals surface area contributed by atoms with Gasteiger partial charge in [0.15, 0.2) is 0 Å². The summed E-state index contributed by atoms with van der Waals surface area (Å²) in [6.07, 6.45) is 0. The van der Waals surface area contributed by atoms with E-state index >= 15 is 0 Å². The minimum Gasteiger partial charge on any atom is -0.495 e. The first-order chi connectivity index (χ1) is 9.83. The van der Waals surface area contributed by atoms with Gasteiger partial charge < -0.3 is 9.84 Å². The fraction of sp³-hybridized carbons (Fsp3) is 0.0833. The van der Waals surface area contributed by atoms with Crippen molar-refractivity contribution in [2.45, 2.75) is 4.90 Å². The highest BCUT2D eigenvalue weighted by molar-refractivity contribution is 7.92. The molecule has 9 heteroatoms. The van der Waals surface area contributed by atoms with Crippen LogP contribution in [0.4, 0.5) is 5.69 Å². The standard InChI is InChI=1S/C12H10ClNO5S2/c1-19-10-4-7(2-3-9(10)13)14-21(17,18)8-5-11(12(15)16)20-6-8/h2-6,14H,1H3,(H,15,16). The van der Waals surface area contributed by atoms with Crippen molar-refractivity contribution in [3.05, 3.63) is 39.5 Å². The molecule has 0 amide bonds. The molecule has 0 aliphatic carbocycles. The van der Waals surface area contributed by atoms with E-state index in [0.29, 0.717) is 10.8 Å². The Bertz CT molecular complexity index is 785. The molecule has 0 bridgehead atoms. The van der Waals surface area contributed by atoms with Gasteiger partial charge in [0.25, 0.3) is 10.0 Å². The first-order valence-electron chi connectivity index (χ1n) is 5.51. The van der Waals surface area contributed by atoms with Gasteiger partial charge in [0.05, 0.1) is 22.7 Å². The van der Waals surface area contributed by atoms with Crippen LogP contribution in [0, 0.1) is 0 Å². The second-order valence-electron chi connectivity index (χ2n) is 3.91. The van der Waals surface area contributed by atoms with Gasteiger partial charge in [0, 0.05) is 11.4 Å². The summed E-state index contributed by atoms with van der Waals surface area (Å²) in [6.45, 7) is 0. The zero-order valence-corrected chi connectivity index (χ0v) is 13.1. The SMILES string of the molecule is COc1cc(NS(=O)(=O)c2csc(C(=O)O)c2)ccc1Cl. The molecule has 0 aliphatic rings. The predicted octanol–water partition coefficient (Wildman–Crippen LogP) is 2.91. The van der Waals surface area contributed by atoms with E-state index in [1.807, 2.05) is 0 Å². The largest absolute Gasteiger partial charge is 0.495 e. The van der Waals surface area contributed by atoms with Crippen molar-refractivity contribution >= 4 is 44.6 Å². The van der Waals surface area contributed by atoms with Crippen molar-refractivity contribution < 1.29 is 23.1 Å². The van der Waals surface area contributed by atoms with E-state index in [1.165, 1.54) is 30.7 Å². The van der Waals surface area contributed by atoms with E-state index in [9.17, 15) is 13.2 Å². The number of thiophene rings is 1. The van der Waals surface area contributed by atoms with Gasteiger partial charge in [-0.2, -0.15) is 0 Å². The van der Waals surface area contributed by atoms with Crippen LogP contribution >= 0.6 is 22.9 Å². The topological polar surface area (TPSA) is 92.7 Å². The van der Waals surface area contributed by atoms with Crippen molar-refractivity contribution in [1.82, 2.24) is 0 Å². The summed E-state index contributed by atoms with van der Waals surface area (Å²) in [5, 5.41) is 10.4. The summed E-state index contributed by atoms with van der Waals surface area (Å²) in [6, 6.07) is 5.51. The number of rotatable bonds is 5.